The van der Waals surface area contributed by atoms with E-state index < -0.39 is 0 Å². The number of fused-ring (bicyclic) bond motifs is 10. The minimum Gasteiger partial charge on any atom is -0.309 e. The van der Waals surface area contributed by atoms with Crippen LogP contribution in [0.15, 0.2) is 225 Å². The van der Waals surface area contributed by atoms with Gasteiger partial charge in [-0.25, -0.2) is 0 Å². The smallest absolute Gasteiger partial charge is 0.0540 e. The Bertz CT molecular complexity index is 3710. The predicted molar refractivity (Wildman–Crippen MR) is 264 cm³/mol. The first-order chi connectivity index (χ1) is 30.1. The van der Waals surface area contributed by atoms with Gasteiger partial charge in [0.25, 0.3) is 0 Å². The number of hydrogen-bond donors (Lipinski definition) is 0. The van der Waals surface area contributed by atoms with Crippen LogP contribution in [0.4, 0.5) is 0 Å². The molecule has 10 aromatic carbocycles. The molecule has 11 aromatic rings. The third-order valence-corrected chi connectivity index (χ3v) is 12.3. The van der Waals surface area contributed by atoms with Gasteiger partial charge in [-0.2, -0.15) is 0 Å². The van der Waals surface area contributed by atoms with Crippen molar-refractivity contribution in [3.8, 4) is 39.1 Å². The van der Waals surface area contributed by atoms with Crippen LogP contribution in [0.2, 0.25) is 0 Å². The van der Waals surface area contributed by atoms with E-state index in [2.05, 4.69) is 236 Å². The maximum Gasteiger partial charge on any atom is 0.0540 e. The second kappa shape index (κ2) is 15.0. The molecular weight excluding hydrogens is 735 g/mol. The van der Waals surface area contributed by atoms with E-state index in [1.165, 1.54) is 65.3 Å². The summed E-state index contributed by atoms with van der Waals surface area (Å²) in [5.74, 6) is 0. The highest BCUT2D eigenvalue weighted by Gasteiger charge is 2.14. The van der Waals surface area contributed by atoms with Crippen LogP contribution in [0.3, 0.4) is 0 Å². The molecule has 61 heavy (non-hydrogen) atoms. The van der Waals surface area contributed by atoms with Gasteiger partial charge in [0.15, 0.2) is 0 Å². The van der Waals surface area contributed by atoms with Gasteiger partial charge in [0.2, 0.25) is 0 Å². The lowest BCUT2D eigenvalue weighted by molar-refractivity contribution is 1.17. The van der Waals surface area contributed by atoms with Crippen LogP contribution in [0.1, 0.15) is 0 Å². The van der Waals surface area contributed by atoms with Crippen LogP contribution in [0, 0.1) is 0 Å². The molecule has 0 amide bonds. The third-order valence-electron chi connectivity index (χ3n) is 12.3. The monoisotopic (exact) mass is 775 g/mol. The second-order valence-electron chi connectivity index (χ2n) is 15.8. The summed E-state index contributed by atoms with van der Waals surface area (Å²) in [6.45, 7) is 8.55. The Kier molecular flexibility index (Phi) is 8.87. The number of rotatable bonds is 5. The highest BCUT2D eigenvalue weighted by atomic mass is 15.0. The van der Waals surface area contributed by atoms with E-state index in [1.807, 2.05) is 6.08 Å². The zero-order chi connectivity index (χ0) is 40.9. The molecule has 0 aliphatic heterocycles. The van der Waals surface area contributed by atoms with Crippen molar-refractivity contribution < 1.29 is 0 Å². The highest BCUT2D eigenvalue weighted by Crippen LogP contribution is 2.38. The Balaban J connectivity index is 1.28. The summed E-state index contributed by atoms with van der Waals surface area (Å²) in [7, 11) is 0. The summed E-state index contributed by atoms with van der Waals surface area (Å²) in [4.78, 5) is 0. The standard InChI is InChI=1S/C60H41N/c1-3-16-48-40(2)49-21-10-11-22-50(49)56-37-45(29-34-55(48)56)46-31-36-60-58(39-46)54-26-15-13-24-52(54)51-23-12-14-25-53(51)57-38-44(42-19-8-5-9-20-42)30-35-59(57)61(60)47-32-27-43(28-33-47)41-17-6-4-7-18-41/h3-39H,1-2H2/b48-16+. The molecule has 0 bridgehead atoms. The van der Waals surface area contributed by atoms with Gasteiger partial charge < -0.3 is 4.57 Å². The quantitative estimate of drug-likeness (QED) is 0.153. The molecule has 286 valence electrons. The van der Waals surface area contributed by atoms with Gasteiger partial charge >= 0.3 is 0 Å². The van der Waals surface area contributed by atoms with Crippen LogP contribution in [0.25, 0.3) is 117 Å². The number of aromatic nitrogens is 1. The predicted octanol–water partition coefficient (Wildman–Crippen LogP) is 14.9. The Labute approximate surface area is 355 Å². The summed E-state index contributed by atoms with van der Waals surface area (Å²) in [6.07, 6.45) is 3.95. The molecule has 0 atom stereocenters. The van der Waals surface area contributed by atoms with Crippen molar-refractivity contribution >= 4 is 77.6 Å². The molecular formula is C60H41N. The van der Waals surface area contributed by atoms with E-state index in [0.29, 0.717) is 0 Å². The van der Waals surface area contributed by atoms with Crippen molar-refractivity contribution in [3.63, 3.8) is 0 Å². The summed E-state index contributed by atoms with van der Waals surface area (Å²) >= 11 is 0. The lowest BCUT2D eigenvalue weighted by Crippen LogP contribution is -2.24. The fraction of sp³-hybridized carbons (Fsp3) is 0. The van der Waals surface area contributed by atoms with Crippen molar-refractivity contribution in [1.29, 1.82) is 0 Å². The maximum absolute atomic E-state index is 4.51. The molecule has 1 heteroatoms. The van der Waals surface area contributed by atoms with Gasteiger partial charge in [0.1, 0.15) is 0 Å². The molecule has 0 aliphatic carbocycles. The molecule has 1 nitrogen and oxygen atoms in total. The zero-order valence-corrected chi connectivity index (χ0v) is 33.7. The van der Waals surface area contributed by atoms with Crippen molar-refractivity contribution in [3.05, 3.63) is 235 Å². The molecule has 0 spiro atoms. The van der Waals surface area contributed by atoms with Crippen LogP contribution in [0.5, 0.6) is 0 Å². The molecule has 0 fully saturated rings. The Hall–Kier alpha value is -8.00. The fourth-order valence-electron chi connectivity index (χ4n) is 9.41. The molecule has 0 saturated heterocycles. The van der Waals surface area contributed by atoms with Gasteiger partial charge in [-0.3, -0.25) is 0 Å². The van der Waals surface area contributed by atoms with E-state index in [9.17, 15) is 0 Å². The van der Waals surface area contributed by atoms with Gasteiger partial charge in [-0.05, 0) is 129 Å². The minimum atomic E-state index is 1.03. The zero-order valence-electron chi connectivity index (χ0n) is 33.7. The lowest BCUT2D eigenvalue weighted by atomic mass is 9.93. The third kappa shape index (κ3) is 6.18. The first-order valence-corrected chi connectivity index (χ1v) is 20.9. The van der Waals surface area contributed by atoms with Gasteiger partial charge in [-0.1, -0.05) is 195 Å². The van der Waals surface area contributed by atoms with Crippen molar-refractivity contribution in [1.82, 2.24) is 4.57 Å². The first kappa shape index (κ1) is 36.1. The van der Waals surface area contributed by atoms with E-state index in [0.717, 1.165) is 49.1 Å². The topological polar surface area (TPSA) is 4.93 Å². The highest BCUT2D eigenvalue weighted by molar-refractivity contribution is 6.20. The Morgan fingerprint density at radius 1 is 0.311 bits per heavy atom. The van der Waals surface area contributed by atoms with Crippen molar-refractivity contribution in [2.75, 3.05) is 0 Å². The van der Waals surface area contributed by atoms with Crippen molar-refractivity contribution in [2.24, 2.45) is 0 Å². The normalized spacial score (nSPS) is 11.8. The molecule has 0 unspecified atom stereocenters. The first-order valence-electron chi connectivity index (χ1n) is 20.9. The van der Waals surface area contributed by atoms with Crippen LogP contribution >= 0.6 is 0 Å². The van der Waals surface area contributed by atoms with E-state index in [-0.39, 0.29) is 0 Å². The summed E-state index contributed by atoms with van der Waals surface area (Å²) < 4.78 is 2.47. The molecule has 11 rings (SSSR count). The molecule has 0 saturated carbocycles. The molecule has 0 N–H and O–H groups in total. The fourth-order valence-corrected chi connectivity index (χ4v) is 9.41. The number of allylic oxidation sites excluding steroid dienone is 1. The van der Waals surface area contributed by atoms with Gasteiger partial charge in [0.05, 0.1) is 11.0 Å². The molecule has 1 aromatic heterocycles. The van der Waals surface area contributed by atoms with Gasteiger partial charge in [0, 0.05) is 16.5 Å². The van der Waals surface area contributed by atoms with Gasteiger partial charge in [-0.15, -0.1) is 0 Å². The largest absolute Gasteiger partial charge is 0.309 e. The lowest BCUT2D eigenvalue weighted by Gasteiger charge is -2.16. The van der Waals surface area contributed by atoms with Crippen LogP contribution in [-0.4, -0.2) is 4.57 Å². The van der Waals surface area contributed by atoms with Crippen LogP contribution < -0.4 is 10.4 Å². The number of nitrogens with zero attached hydrogens (tertiary/aromatic N) is 1. The van der Waals surface area contributed by atoms with E-state index >= 15 is 0 Å². The molecule has 0 aliphatic rings. The van der Waals surface area contributed by atoms with Crippen molar-refractivity contribution in [2.45, 2.75) is 0 Å². The van der Waals surface area contributed by atoms with E-state index in [1.54, 1.807) is 0 Å². The van der Waals surface area contributed by atoms with Crippen LogP contribution in [-0.2, 0) is 0 Å². The summed E-state index contributed by atoms with van der Waals surface area (Å²) in [5, 5.41) is 14.0. The SMILES string of the molecule is C=C/C=c1\c(=C)c2ccccc2c2cc(-c3ccc4c(c3)c3ccccc3c3ccccc3c3cc(-c5ccccc5)ccc3n4-c3ccc(-c4ccccc4)cc3)ccc12. The summed E-state index contributed by atoms with van der Waals surface area (Å²) in [6, 6.07) is 77.7. The number of benzene rings is 10. The maximum atomic E-state index is 4.51. The summed E-state index contributed by atoms with van der Waals surface area (Å²) in [5.41, 5.74) is 10.4. The Morgan fingerprint density at radius 3 is 1.21 bits per heavy atom. The Morgan fingerprint density at radius 2 is 0.689 bits per heavy atom. The molecule has 1 heterocycles. The molecule has 0 radical (unpaired) electrons. The average molecular weight is 776 g/mol. The second-order valence-corrected chi connectivity index (χ2v) is 15.8. The van der Waals surface area contributed by atoms with E-state index in [4.69, 9.17) is 0 Å². The average Bonchev–Trinajstić information content (AvgIpc) is 3.37. The number of hydrogen-bond acceptors (Lipinski definition) is 0. The minimum absolute atomic E-state index is 1.03.